The van der Waals surface area contributed by atoms with Gasteiger partial charge < -0.3 is 14.6 Å². The number of nitrogens with zero attached hydrogens (tertiary/aromatic N) is 4. The maximum absolute atomic E-state index is 15.0. The Morgan fingerprint density at radius 2 is 1.88 bits per heavy atom. The van der Waals surface area contributed by atoms with Gasteiger partial charge in [-0.1, -0.05) is 17.7 Å². The van der Waals surface area contributed by atoms with Gasteiger partial charge in [-0.15, -0.1) is 10.2 Å². The number of aromatic nitrogens is 2. The standard InChI is InChI=1S/C22H20ClF4N5O2/c23-16-10-15(3-4-17(16)24)32(19(33)12-31-7-5-28-6-8-31)11-14-2-1-13(9-18(14)25)21-29-30-22(34-21)20(26)27/h1-4,9-10,20,28H,5-8,11-12H2. The van der Waals surface area contributed by atoms with Gasteiger partial charge in [0.2, 0.25) is 11.8 Å². The maximum Gasteiger partial charge on any atom is 0.314 e. The van der Waals surface area contributed by atoms with Crippen molar-refractivity contribution in [2.24, 2.45) is 0 Å². The molecular formula is C22H20ClF4N5O2. The van der Waals surface area contributed by atoms with Crippen molar-refractivity contribution in [3.63, 3.8) is 0 Å². The molecule has 180 valence electrons. The highest BCUT2D eigenvalue weighted by molar-refractivity contribution is 6.31. The molecule has 1 saturated heterocycles. The second-order valence-electron chi connectivity index (χ2n) is 7.66. The van der Waals surface area contributed by atoms with Gasteiger partial charge in [0.05, 0.1) is 18.1 Å². The molecule has 1 fully saturated rings. The van der Waals surface area contributed by atoms with Crippen LogP contribution in [0.1, 0.15) is 17.9 Å². The third-order valence-electron chi connectivity index (χ3n) is 5.34. The van der Waals surface area contributed by atoms with Crippen LogP contribution in [0.4, 0.5) is 23.2 Å². The van der Waals surface area contributed by atoms with Crippen LogP contribution in [0.2, 0.25) is 5.02 Å². The number of rotatable bonds is 7. The Bertz CT molecular complexity index is 1170. The molecule has 12 heteroatoms. The number of carbonyl (C=O) groups is 1. The van der Waals surface area contributed by atoms with Crippen LogP contribution in [0.5, 0.6) is 0 Å². The number of benzene rings is 2. The number of carbonyl (C=O) groups excluding carboxylic acids is 1. The monoisotopic (exact) mass is 497 g/mol. The molecule has 0 bridgehead atoms. The van der Waals surface area contributed by atoms with Crippen LogP contribution >= 0.6 is 11.6 Å². The van der Waals surface area contributed by atoms with Crippen molar-refractivity contribution in [1.29, 1.82) is 0 Å². The van der Waals surface area contributed by atoms with Gasteiger partial charge in [0.25, 0.3) is 5.89 Å². The summed E-state index contributed by atoms with van der Waals surface area (Å²) in [4.78, 5) is 16.5. The number of nitrogens with one attached hydrogen (secondary N) is 1. The lowest BCUT2D eigenvalue weighted by atomic mass is 10.1. The molecule has 3 aromatic rings. The first-order valence-electron chi connectivity index (χ1n) is 10.4. The molecule has 0 radical (unpaired) electrons. The van der Waals surface area contributed by atoms with Crippen molar-refractivity contribution in [2.75, 3.05) is 37.6 Å². The fourth-order valence-corrected chi connectivity index (χ4v) is 3.72. The fraction of sp³-hybridized carbons (Fsp3) is 0.318. The van der Waals surface area contributed by atoms with Gasteiger partial charge in [-0.25, -0.2) is 8.78 Å². The summed E-state index contributed by atoms with van der Waals surface area (Å²) >= 11 is 5.92. The minimum atomic E-state index is -2.94. The predicted octanol–water partition coefficient (Wildman–Crippen LogP) is 4.04. The molecule has 1 N–H and O–H groups in total. The normalized spacial score (nSPS) is 14.5. The van der Waals surface area contributed by atoms with Crippen LogP contribution in [0, 0.1) is 11.6 Å². The first-order valence-corrected chi connectivity index (χ1v) is 10.8. The van der Waals surface area contributed by atoms with Crippen LogP contribution in [-0.4, -0.2) is 53.7 Å². The van der Waals surface area contributed by atoms with Gasteiger partial charge in [-0.05, 0) is 30.3 Å². The Morgan fingerprint density at radius 1 is 1.12 bits per heavy atom. The molecule has 0 atom stereocenters. The molecule has 1 aromatic heterocycles. The van der Waals surface area contributed by atoms with E-state index in [1.54, 1.807) is 0 Å². The van der Waals surface area contributed by atoms with E-state index in [2.05, 4.69) is 15.5 Å². The molecule has 0 unspecified atom stereocenters. The van der Waals surface area contributed by atoms with E-state index < -0.39 is 24.0 Å². The lowest BCUT2D eigenvalue weighted by Gasteiger charge is -2.30. The molecule has 0 spiro atoms. The lowest BCUT2D eigenvalue weighted by Crippen LogP contribution is -2.48. The minimum absolute atomic E-state index is 0.0920. The summed E-state index contributed by atoms with van der Waals surface area (Å²) < 4.78 is 58.9. The summed E-state index contributed by atoms with van der Waals surface area (Å²) in [5.74, 6) is -2.78. The molecule has 4 rings (SSSR count). The lowest BCUT2D eigenvalue weighted by molar-refractivity contribution is -0.120. The summed E-state index contributed by atoms with van der Waals surface area (Å²) in [5, 5.41) is 9.78. The van der Waals surface area contributed by atoms with Gasteiger partial charge in [0, 0.05) is 43.0 Å². The Kier molecular flexibility index (Phi) is 7.44. The van der Waals surface area contributed by atoms with E-state index in [-0.39, 0.29) is 41.0 Å². The third kappa shape index (κ3) is 5.54. The summed E-state index contributed by atoms with van der Waals surface area (Å²) in [5.41, 5.74) is 0.573. The van der Waals surface area contributed by atoms with E-state index in [1.807, 2.05) is 4.90 Å². The van der Waals surface area contributed by atoms with Crippen molar-refractivity contribution in [3.8, 4) is 11.5 Å². The molecule has 0 aliphatic carbocycles. The highest BCUT2D eigenvalue weighted by Crippen LogP contribution is 2.28. The predicted molar refractivity (Wildman–Crippen MR) is 117 cm³/mol. The van der Waals surface area contributed by atoms with Crippen LogP contribution < -0.4 is 10.2 Å². The third-order valence-corrected chi connectivity index (χ3v) is 5.63. The number of alkyl halides is 2. The molecule has 0 saturated carbocycles. The van der Waals surface area contributed by atoms with Gasteiger partial charge in [-0.2, -0.15) is 8.78 Å². The minimum Gasteiger partial charge on any atom is -0.415 e. The van der Waals surface area contributed by atoms with E-state index >= 15 is 0 Å². The zero-order valence-corrected chi connectivity index (χ0v) is 18.5. The average Bonchev–Trinajstić information content (AvgIpc) is 3.31. The molecule has 2 heterocycles. The van der Waals surface area contributed by atoms with E-state index in [0.717, 1.165) is 25.2 Å². The van der Waals surface area contributed by atoms with Crippen molar-refractivity contribution in [2.45, 2.75) is 13.0 Å². The number of hydrogen-bond donors (Lipinski definition) is 1. The number of piperazine rings is 1. The Hall–Kier alpha value is -3.02. The molecule has 2 aromatic carbocycles. The van der Waals surface area contributed by atoms with Gasteiger partial charge in [0.15, 0.2) is 0 Å². The zero-order valence-electron chi connectivity index (χ0n) is 17.8. The van der Waals surface area contributed by atoms with E-state index in [0.29, 0.717) is 18.8 Å². The number of anilines is 1. The van der Waals surface area contributed by atoms with Crippen molar-refractivity contribution in [3.05, 3.63) is 64.5 Å². The molecule has 34 heavy (non-hydrogen) atoms. The van der Waals surface area contributed by atoms with Crippen LogP contribution in [-0.2, 0) is 11.3 Å². The van der Waals surface area contributed by atoms with Crippen LogP contribution in [0.25, 0.3) is 11.5 Å². The molecule has 1 aliphatic rings. The van der Waals surface area contributed by atoms with E-state index in [4.69, 9.17) is 16.0 Å². The summed E-state index contributed by atoms with van der Waals surface area (Å²) in [7, 11) is 0. The molecule has 1 amide bonds. The highest BCUT2D eigenvalue weighted by Gasteiger charge is 2.23. The smallest absolute Gasteiger partial charge is 0.314 e. The topological polar surface area (TPSA) is 74.5 Å². The van der Waals surface area contributed by atoms with Gasteiger partial charge in [0.1, 0.15) is 11.6 Å². The SMILES string of the molecule is O=C(CN1CCNCC1)N(Cc1ccc(-c2nnc(C(F)F)o2)cc1F)c1ccc(F)c(Cl)c1. The first kappa shape index (κ1) is 24.1. The summed E-state index contributed by atoms with van der Waals surface area (Å²) in [6, 6.07) is 7.73. The Labute approximate surface area is 197 Å². The summed E-state index contributed by atoms with van der Waals surface area (Å²) in [6.07, 6.45) is -2.94. The number of hydrogen-bond acceptors (Lipinski definition) is 6. The van der Waals surface area contributed by atoms with Gasteiger partial charge >= 0.3 is 6.43 Å². The largest absolute Gasteiger partial charge is 0.415 e. The number of amides is 1. The molecule has 7 nitrogen and oxygen atoms in total. The van der Waals surface area contributed by atoms with Gasteiger partial charge in [-0.3, -0.25) is 9.69 Å². The fourth-order valence-electron chi connectivity index (χ4n) is 3.54. The van der Waals surface area contributed by atoms with E-state index in [9.17, 15) is 22.4 Å². The Morgan fingerprint density at radius 3 is 2.53 bits per heavy atom. The molecule has 1 aliphatic heterocycles. The zero-order chi connectivity index (χ0) is 24.2. The van der Waals surface area contributed by atoms with Crippen molar-refractivity contribution < 1.29 is 26.8 Å². The first-order chi connectivity index (χ1) is 16.3. The highest BCUT2D eigenvalue weighted by atomic mass is 35.5. The van der Waals surface area contributed by atoms with Crippen LogP contribution in [0.3, 0.4) is 0 Å². The summed E-state index contributed by atoms with van der Waals surface area (Å²) in [6.45, 7) is 2.78. The van der Waals surface area contributed by atoms with Crippen molar-refractivity contribution >= 4 is 23.2 Å². The number of halogens is 5. The second-order valence-corrected chi connectivity index (χ2v) is 8.06. The molecular weight excluding hydrogens is 478 g/mol. The quantitative estimate of drug-likeness (QED) is 0.497. The van der Waals surface area contributed by atoms with Crippen molar-refractivity contribution in [1.82, 2.24) is 20.4 Å². The average molecular weight is 498 g/mol. The maximum atomic E-state index is 15.0. The Balaban J connectivity index is 1.59. The van der Waals surface area contributed by atoms with Crippen LogP contribution in [0.15, 0.2) is 40.8 Å². The van der Waals surface area contributed by atoms with E-state index in [1.165, 1.54) is 29.2 Å². The second kappa shape index (κ2) is 10.5.